The average molecular weight is 166 g/mol. The topological polar surface area (TPSA) is 35.5 Å². The third-order valence-electron chi connectivity index (χ3n) is 2.13. The Morgan fingerprint density at radius 3 is 3.08 bits per heavy atom. The zero-order chi connectivity index (χ0) is 8.55. The van der Waals surface area contributed by atoms with Crippen LogP contribution in [-0.2, 0) is 14.3 Å². The molecule has 1 fully saturated rings. The number of methoxy groups -OCH3 is 1. The Morgan fingerprint density at radius 2 is 2.58 bits per heavy atom. The summed E-state index contributed by atoms with van der Waals surface area (Å²) in [6.45, 7) is 0. The lowest BCUT2D eigenvalue weighted by Gasteiger charge is -2.03. The maximum atomic E-state index is 10.9. The molecule has 2 rings (SSSR count). The van der Waals surface area contributed by atoms with Crippen molar-refractivity contribution in [2.24, 2.45) is 0 Å². The summed E-state index contributed by atoms with van der Waals surface area (Å²) in [5.41, 5.74) is 1.02. The molecule has 2 atom stereocenters. The van der Waals surface area contributed by atoms with Crippen molar-refractivity contribution in [3.63, 3.8) is 0 Å². The van der Waals surface area contributed by atoms with Crippen LogP contribution in [-0.4, -0.2) is 25.3 Å². The van der Waals surface area contributed by atoms with Gasteiger partial charge in [0, 0.05) is 12.5 Å². The van der Waals surface area contributed by atoms with Gasteiger partial charge in [0.25, 0.3) is 0 Å². The molecule has 1 saturated heterocycles. The summed E-state index contributed by atoms with van der Waals surface area (Å²) in [6.07, 6.45) is 6.56. The summed E-state index contributed by atoms with van der Waals surface area (Å²) in [5, 5.41) is 0. The Morgan fingerprint density at radius 1 is 1.75 bits per heavy atom. The number of carbonyl (C=O) groups is 1. The van der Waals surface area contributed by atoms with Gasteiger partial charge in [-0.05, 0) is 5.57 Å². The van der Waals surface area contributed by atoms with Crippen LogP contribution >= 0.6 is 0 Å². The summed E-state index contributed by atoms with van der Waals surface area (Å²) >= 11 is 0. The van der Waals surface area contributed by atoms with Gasteiger partial charge >= 0.3 is 5.97 Å². The van der Waals surface area contributed by atoms with Crippen LogP contribution in [0, 0.1) is 0 Å². The monoisotopic (exact) mass is 166 g/mol. The number of rotatable bonds is 1. The zero-order valence-electron chi connectivity index (χ0n) is 6.82. The van der Waals surface area contributed by atoms with Gasteiger partial charge in [-0.2, -0.15) is 0 Å². The summed E-state index contributed by atoms with van der Waals surface area (Å²) in [6, 6.07) is 0. The molecule has 0 unspecified atom stereocenters. The molecule has 0 amide bonds. The molecule has 0 radical (unpaired) electrons. The van der Waals surface area contributed by atoms with E-state index in [-0.39, 0.29) is 18.2 Å². The average Bonchev–Trinajstić information content (AvgIpc) is 2.64. The molecule has 2 heterocycles. The van der Waals surface area contributed by atoms with E-state index >= 15 is 0 Å². The number of hydrogen-bond acceptors (Lipinski definition) is 3. The fourth-order valence-electron chi connectivity index (χ4n) is 1.53. The predicted octanol–water partition coefficient (Wildman–Crippen LogP) is 0.813. The highest BCUT2D eigenvalue weighted by Gasteiger charge is 2.31. The lowest BCUT2D eigenvalue weighted by atomic mass is 10.0. The Kier molecular flexibility index (Phi) is 1.73. The Labute approximate surface area is 70.7 Å². The lowest BCUT2D eigenvalue weighted by molar-refractivity contribution is -0.134. The Balaban J connectivity index is 2.12. The first-order valence-corrected chi connectivity index (χ1v) is 3.92. The van der Waals surface area contributed by atoms with E-state index in [1.165, 1.54) is 13.2 Å². The zero-order valence-corrected chi connectivity index (χ0v) is 6.82. The second-order valence-electron chi connectivity index (χ2n) is 2.93. The van der Waals surface area contributed by atoms with Crippen molar-refractivity contribution < 1.29 is 14.3 Å². The third kappa shape index (κ3) is 1.16. The van der Waals surface area contributed by atoms with Crippen LogP contribution in [0.1, 0.15) is 6.42 Å². The van der Waals surface area contributed by atoms with Crippen LogP contribution in [0.15, 0.2) is 23.8 Å². The molecule has 0 aromatic carbocycles. The number of carbonyl (C=O) groups excluding carboxylic acids is 1. The van der Waals surface area contributed by atoms with Gasteiger partial charge in [-0.1, -0.05) is 12.2 Å². The molecular weight excluding hydrogens is 156 g/mol. The highest BCUT2D eigenvalue weighted by atomic mass is 16.5. The van der Waals surface area contributed by atoms with E-state index in [9.17, 15) is 4.79 Å². The largest absolute Gasteiger partial charge is 0.466 e. The van der Waals surface area contributed by atoms with E-state index in [4.69, 9.17) is 4.74 Å². The predicted molar refractivity (Wildman–Crippen MR) is 42.5 cm³/mol. The van der Waals surface area contributed by atoms with E-state index in [0.717, 1.165) is 12.0 Å². The van der Waals surface area contributed by atoms with Crippen LogP contribution in [0.2, 0.25) is 0 Å². The van der Waals surface area contributed by atoms with Gasteiger partial charge in [0.1, 0.15) is 0 Å². The summed E-state index contributed by atoms with van der Waals surface area (Å²) in [5.74, 6) is -0.297. The van der Waals surface area contributed by atoms with Gasteiger partial charge in [0.2, 0.25) is 0 Å². The summed E-state index contributed by atoms with van der Waals surface area (Å²) < 4.78 is 9.97. The second-order valence-corrected chi connectivity index (χ2v) is 2.93. The maximum absolute atomic E-state index is 10.9. The molecule has 0 aliphatic carbocycles. The first-order chi connectivity index (χ1) is 5.79. The van der Waals surface area contributed by atoms with E-state index in [2.05, 4.69) is 4.74 Å². The molecule has 0 spiro atoms. The van der Waals surface area contributed by atoms with E-state index in [1.807, 2.05) is 12.2 Å². The molecule has 12 heavy (non-hydrogen) atoms. The quantitative estimate of drug-likeness (QED) is 0.328. The van der Waals surface area contributed by atoms with Crippen molar-refractivity contribution in [1.29, 1.82) is 0 Å². The Bertz CT molecular complexity index is 265. The van der Waals surface area contributed by atoms with Gasteiger partial charge in [0.05, 0.1) is 19.3 Å². The molecule has 2 aliphatic heterocycles. The molecular formula is C9H10O3. The summed E-state index contributed by atoms with van der Waals surface area (Å²) in [7, 11) is 1.38. The number of esters is 1. The minimum Gasteiger partial charge on any atom is -0.466 e. The summed E-state index contributed by atoms with van der Waals surface area (Å²) in [4.78, 5) is 10.9. The highest BCUT2D eigenvalue weighted by Crippen LogP contribution is 2.32. The molecule has 0 aromatic heterocycles. The minimum absolute atomic E-state index is 0.0223. The van der Waals surface area contributed by atoms with Crippen molar-refractivity contribution in [3.05, 3.63) is 23.8 Å². The van der Waals surface area contributed by atoms with E-state index in [0.29, 0.717) is 0 Å². The van der Waals surface area contributed by atoms with Crippen LogP contribution < -0.4 is 0 Å². The lowest BCUT2D eigenvalue weighted by Crippen LogP contribution is -2.04. The number of fused-ring (bicyclic) bond motifs is 2. The first kappa shape index (κ1) is 7.55. The van der Waals surface area contributed by atoms with Crippen LogP contribution in [0.25, 0.3) is 0 Å². The molecule has 0 N–H and O–H groups in total. The van der Waals surface area contributed by atoms with Crippen LogP contribution in [0.5, 0.6) is 0 Å². The third-order valence-corrected chi connectivity index (χ3v) is 2.13. The first-order valence-electron chi connectivity index (χ1n) is 3.92. The maximum Gasteiger partial charge on any atom is 0.330 e. The number of ether oxygens (including phenoxy) is 2. The molecule has 64 valence electrons. The van der Waals surface area contributed by atoms with Crippen molar-refractivity contribution in [2.75, 3.05) is 7.11 Å². The number of hydrogen-bond donors (Lipinski definition) is 0. The van der Waals surface area contributed by atoms with Crippen LogP contribution in [0.4, 0.5) is 0 Å². The fourth-order valence-corrected chi connectivity index (χ4v) is 1.53. The van der Waals surface area contributed by atoms with Gasteiger partial charge in [0.15, 0.2) is 0 Å². The highest BCUT2D eigenvalue weighted by molar-refractivity contribution is 5.83. The molecule has 2 aliphatic rings. The van der Waals surface area contributed by atoms with Crippen LogP contribution in [0.3, 0.4) is 0 Å². The Hall–Kier alpha value is -1.09. The van der Waals surface area contributed by atoms with Crippen molar-refractivity contribution in [2.45, 2.75) is 18.6 Å². The molecule has 2 bridgehead atoms. The SMILES string of the molecule is COC(=O)C=C1C[C@@H]2C=C[C@H]1O2. The standard InChI is InChI=1S/C9H10O3/c1-11-9(10)5-6-4-7-2-3-8(6)12-7/h2-3,5,7-8H,4H2,1H3/t7-,8+/m0/s1. The van der Waals surface area contributed by atoms with Gasteiger partial charge in [-0.25, -0.2) is 4.79 Å². The van der Waals surface area contributed by atoms with Crippen molar-refractivity contribution in [1.82, 2.24) is 0 Å². The van der Waals surface area contributed by atoms with Gasteiger partial charge in [-0.15, -0.1) is 0 Å². The molecule has 0 saturated carbocycles. The smallest absolute Gasteiger partial charge is 0.330 e. The second kappa shape index (κ2) is 2.75. The molecule has 3 heteroatoms. The normalized spacial score (nSPS) is 34.6. The van der Waals surface area contributed by atoms with Gasteiger partial charge < -0.3 is 9.47 Å². The van der Waals surface area contributed by atoms with E-state index < -0.39 is 0 Å². The fraction of sp³-hybridized carbons (Fsp3) is 0.444. The van der Waals surface area contributed by atoms with Crippen molar-refractivity contribution in [3.8, 4) is 0 Å². The van der Waals surface area contributed by atoms with Crippen molar-refractivity contribution >= 4 is 5.97 Å². The van der Waals surface area contributed by atoms with E-state index in [1.54, 1.807) is 0 Å². The minimum atomic E-state index is -0.297. The van der Waals surface area contributed by atoms with Gasteiger partial charge in [-0.3, -0.25) is 0 Å². The molecule has 0 aromatic rings. The molecule has 3 nitrogen and oxygen atoms in total.